The second kappa shape index (κ2) is 13.6. The first-order valence-electron chi connectivity index (χ1n) is 16.5. The second-order valence-corrected chi connectivity index (χ2v) is 12.0. The van der Waals surface area contributed by atoms with Gasteiger partial charge in [0.2, 0.25) is 0 Å². The van der Waals surface area contributed by atoms with Crippen LogP contribution in [-0.2, 0) is 0 Å². The van der Waals surface area contributed by atoms with Crippen molar-refractivity contribution in [3.63, 3.8) is 0 Å². The summed E-state index contributed by atoms with van der Waals surface area (Å²) in [6.07, 6.45) is 0. The van der Waals surface area contributed by atoms with Crippen molar-refractivity contribution in [2.24, 2.45) is 0 Å². The number of benzene rings is 7. The normalized spacial score (nSPS) is 10.8. The van der Waals surface area contributed by atoms with Crippen molar-refractivity contribution in [1.29, 1.82) is 5.26 Å². The zero-order valence-corrected chi connectivity index (χ0v) is 27.1. The molecule has 4 nitrogen and oxygen atoms in total. The van der Waals surface area contributed by atoms with Crippen molar-refractivity contribution in [3.8, 4) is 84.7 Å². The summed E-state index contributed by atoms with van der Waals surface area (Å²) in [7, 11) is 0. The number of aromatic nitrogens is 3. The number of rotatable bonds is 7. The highest BCUT2D eigenvalue weighted by atomic mass is 15.0. The molecule has 0 saturated carbocycles. The zero-order valence-electron chi connectivity index (χ0n) is 27.1. The Morgan fingerprint density at radius 1 is 0.300 bits per heavy atom. The largest absolute Gasteiger partial charge is 0.208 e. The van der Waals surface area contributed by atoms with Gasteiger partial charge in [-0.15, -0.1) is 0 Å². The van der Waals surface area contributed by atoms with Crippen LogP contribution in [0.1, 0.15) is 5.56 Å². The van der Waals surface area contributed by atoms with Gasteiger partial charge in [-0.3, -0.25) is 0 Å². The first-order valence-corrected chi connectivity index (χ1v) is 16.5. The molecule has 4 heteroatoms. The van der Waals surface area contributed by atoms with Crippen molar-refractivity contribution in [3.05, 3.63) is 188 Å². The predicted octanol–water partition coefficient (Wildman–Crippen LogP) is 11.4. The first kappa shape index (κ1) is 30.4. The smallest absolute Gasteiger partial charge is 0.164 e. The van der Waals surface area contributed by atoms with Gasteiger partial charge in [0.25, 0.3) is 0 Å². The molecule has 0 amide bonds. The van der Waals surface area contributed by atoms with Crippen LogP contribution in [0.3, 0.4) is 0 Å². The first-order chi connectivity index (χ1) is 24.7. The van der Waals surface area contributed by atoms with E-state index >= 15 is 0 Å². The lowest BCUT2D eigenvalue weighted by molar-refractivity contribution is 1.07. The fourth-order valence-corrected chi connectivity index (χ4v) is 6.19. The highest BCUT2D eigenvalue weighted by Gasteiger charge is 2.17. The van der Waals surface area contributed by atoms with Gasteiger partial charge in [0.15, 0.2) is 17.5 Å². The molecule has 0 spiro atoms. The molecule has 0 unspecified atom stereocenters. The minimum absolute atomic E-state index is 0.582. The summed E-state index contributed by atoms with van der Waals surface area (Å²) in [5.41, 5.74) is 11.9. The Kier molecular flexibility index (Phi) is 8.29. The third-order valence-corrected chi connectivity index (χ3v) is 8.81. The molecule has 8 rings (SSSR count). The molecule has 8 aromatic rings. The Labute approximate surface area is 291 Å². The second-order valence-electron chi connectivity index (χ2n) is 12.0. The molecule has 1 heterocycles. The van der Waals surface area contributed by atoms with Crippen LogP contribution in [0.2, 0.25) is 0 Å². The van der Waals surface area contributed by atoms with Crippen LogP contribution < -0.4 is 0 Å². The molecule has 0 aliphatic heterocycles. The molecule has 0 fully saturated rings. The Balaban J connectivity index is 1.29. The summed E-state index contributed by atoms with van der Waals surface area (Å²) < 4.78 is 0. The standard InChI is InChI=1S/C46H30N4/c47-31-32-11-10-18-40(29-32)36-21-25-39(26-22-36)45-48-44(38-23-19-35(20-24-38)33-12-4-1-5-13-33)49-46(50-45)43-30-41(34-14-6-2-7-15-34)27-28-42(43)37-16-8-3-9-17-37/h1-30H. The molecule has 234 valence electrons. The minimum Gasteiger partial charge on any atom is -0.208 e. The monoisotopic (exact) mass is 638 g/mol. The van der Waals surface area contributed by atoms with Crippen LogP contribution in [0.25, 0.3) is 78.7 Å². The molecular formula is C46H30N4. The van der Waals surface area contributed by atoms with Crippen LogP contribution in [0.5, 0.6) is 0 Å². The van der Waals surface area contributed by atoms with Crippen LogP contribution >= 0.6 is 0 Å². The van der Waals surface area contributed by atoms with Gasteiger partial charge in [-0.1, -0.05) is 164 Å². The van der Waals surface area contributed by atoms with Crippen LogP contribution in [-0.4, -0.2) is 15.0 Å². The van der Waals surface area contributed by atoms with Gasteiger partial charge in [0.05, 0.1) is 11.6 Å². The van der Waals surface area contributed by atoms with Crippen molar-refractivity contribution in [1.82, 2.24) is 15.0 Å². The van der Waals surface area contributed by atoms with Gasteiger partial charge in [-0.05, 0) is 62.7 Å². The highest BCUT2D eigenvalue weighted by molar-refractivity contribution is 5.86. The molecule has 7 aromatic carbocycles. The molecule has 0 aliphatic carbocycles. The number of nitrogens with zero attached hydrogens (tertiary/aromatic N) is 4. The third kappa shape index (κ3) is 6.32. The molecule has 0 bridgehead atoms. The number of hydrogen-bond donors (Lipinski definition) is 0. The van der Waals surface area contributed by atoms with E-state index in [0.717, 1.165) is 61.2 Å². The Bertz CT molecular complexity index is 2450. The van der Waals surface area contributed by atoms with Crippen molar-refractivity contribution in [2.45, 2.75) is 0 Å². The van der Waals surface area contributed by atoms with Crippen LogP contribution in [0, 0.1) is 11.3 Å². The van der Waals surface area contributed by atoms with Gasteiger partial charge in [0, 0.05) is 16.7 Å². The van der Waals surface area contributed by atoms with Gasteiger partial charge in [-0.2, -0.15) is 5.26 Å². The third-order valence-electron chi connectivity index (χ3n) is 8.81. The Hall–Kier alpha value is -6.96. The van der Waals surface area contributed by atoms with E-state index in [1.807, 2.05) is 66.7 Å². The molecule has 0 saturated heterocycles. The predicted molar refractivity (Wildman–Crippen MR) is 203 cm³/mol. The van der Waals surface area contributed by atoms with Gasteiger partial charge >= 0.3 is 0 Å². The fourth-order valence-electron chi connectivity index (χ4n) is 6.19. The highest BCUT2D eigenvalue weighted by Crippen LogP contribution is 2.36. The molecule has 0 radical (unpaired) electrons. The lowest BCUT2D eigenvalue weighted by Crippen LogP contribution is -2.01. The summed E-state index contributed by atoms with van der Waals surface area (Å²) in [5, 5.41) is 9.42. The SMILES string of the molecule is N#Cc1cccc(-c2ccc(-c3nc(-c4ccc(-c5ccccc5)cc4)nc(-c4cc(-c5ccccc5)ccc4-c4ccccc4)n3)cc2)c1. The molecule has 0 N–H and O–H groups in total. The average Bonchev–Trinajstić information content (AvgIpc) is 3.21. The maximum atomic E-state index is 9.42. The van der Waals surface area contributed by atoms with E-state index in [4.69, 9.17) is 15.0 Å². The van der Waals surface area contributed by atoms with E-state index in [1.54, 1.807) is 0 Å². The summed E-state index contributed by atoms with van der Waals surface area (Å²) in [5.74, 6) is 1.78. The molecule has 0 aliphatic rings. The lowest BCUT2D eigenvalue weighted by atomic mass is 9.94. The Morgan fingerprint density at radius 3 is 1.26 bits per heavy atom. The van der Waals surface area contributed by atoms with Crippen molar-refractivity contribution >= 4 is 0 Å². The van der Waals surface area contributed by atoms with E-state index in [9.17, 15) is 5.26 Å². The topological polar surface area (TPSA) is 62.5 Å². The molecular weight excluding hydrogens is 609 g/mol. The van der Waals surface area contributed by atoms with E-state index in [1.165, 1.54) is 0 Å². The summed E-state index contributed by atoms with van der Waals surface area (Å²) in [6.45, 7) is 0. The van der Waals surface area contributed by atoms with Gasteiger partial charge < -0.3 is 0 Å². The van der Waals surface area contributed by atoms with Gasteiger partial charge in [-0.25, -0.2) is 15.0 Å². The number of hydrogen-bond acceptors (Lipinski definition) is 4. The van der Waals surface area contributed by atoms with E-state index < -0.39 is 0 Å². The quantitative estimate of drug-likeness (QED) is 0.174. The van der Waals surface area contributed by atoms with Crippen LogP contribution in [0.4, 0.5) is 0 Å². The molecule has 50 heavy (non-hydrogen) atoms. The Morgan fingerprint density at radius 2 is 0.700 bits per heavy atom. The van der Waals surface area contributed by atoms with Gasteiger partial charge in [0.1, 0.15) is 0 Å². The average molecular weight is 639 g/mol. The maximum Gasteiger partial charge on any atom is 0.164 e. The van der Waals surface area contributed by atoms with Crippen molar-refractivity contribution in [2.75, 3.05) is 0 Å². The summed E-state index contributed by atoms with van der Waals surface area (Å²) in [4.78, 5) is 15.4. The van der Waals surface area contributed by atoms with E-state index in [-0.39, 0.29) is 0 Å². The minimum atomic E-state index is 0.582. The van der Waals surface area contributed by atoms with Crippen LogP contribution in [0.15, 0.2) is 182 Å². The van der Waals surface area contributed by atoms with E-state index in [0.29, 0.717) is 23.0 Å². The van der Waals surface area contributed by atoms with Crippen molar-refractivity contribution < 1.29 is 0 Å². The van der Waals surface area contributed by atoms with E-state index in [2.05, 4.69) is 121 Å². The lowest BCUT2D eigenvalue weighted by Gasteiger charge is -2.14. The molecule has 1 aromatic heterocycles. The fraction of sp³-hybridized carbons (Fsp3) is 0. The molecule has 0 atom stereocenters. The summed E-state index contributed by atoms with van der Waals surface area (Å²) >= 11 is 0. The maximum absolute atomic E-state index is 9.42. The number of nitriles is 1. The summed E-state index contributed by atoms with van der Waals surface area (Å²) in [6, 6.07) is 64.0. The zero-order chi connectivity index (χ0) is 33.7.